The Morgan fingerprint density at radius 1 is 0.623 bits per heavy atom. The summed E-state index contributed by atoms with van der Waals surface area (Å²) in [4.78, 5) is 35.0. The SMILES string of the molecule is N#CC(C#N)=C1/C(=C/c2ccc(Br)c3nsnc23)C(=O)c2ccccc21.N#CC(C#N)=C1CC(=O)c2ccccc21.O=Cc1ccc(Br)c2nsnc12. The third-order valence-corrected chi connectivity index (χ3v) is 10.4. The molecule has 0 radical (unpaired) electrons. The molecule has 11 nitrogen and oxygen atoms in total. The van der Waals surface area contributed by atoms with E-state index in [1.54, 1.807) is 66.7 Å². The Kier molecular flexibility index (Phi) is 10.9. The fourth-order valence-corrected chi connectivity index (χ4v) is 7.86. The number of aldehydes is 1. The van der Waals surface area contributed by atoms with E-state index in [9.17, 15) is 24.9 Å². The summed E-state index contributed by atoms with van der Waals surface area (Å²) in [6.07, 6.45) is 2.63. The van der Waals surface area contributed by atoms with Crippen LogP contribution in [0.4, 0.5) is 0 Å². The minimum absolute atomic E-state index is 0.0244. The first-order valence-corrected chi connectivity index (χ1v) is 18.1. The maximum atomic E-state index is 12.9. The van der Waals surface area contributed by atoms with Gasteiger partial charge in [-0.05, 0) is 72.8 Å². The van der Waals surface area contributed by atoms with Crippen LogP contribution in [0.2, 0.25) is 0 Å². The maximum Gasteiger partial charge on any atom is 0.194 e. The quantitative estimate of drug-likeness (QED) is 0.0916. The number of aromatic nitrogens is 4. The molecule has 2 heterocycles. The summed E-state index contributed by atoms with van der Waals surface area (Å²) >= 11 is 8.95. The predicted octanol–water partition coefficient (Wildman–Crippen LogP) is 8.87. The van der Waals surface area contributed by atoms with E-state index in [4.69, 9.17) is 10.5 Å². The first-order chi connectivity index (χ1) is 25.8. The fraction of sp³-hybridized carbons (Fsp3) is 0.0263. The van der Waals surface area contributed by atoms with E-state index in [2.05, 4.69) is 49.4 Å². The summed E-state index contributed by atoms with van der Waals surface area (Å²) in [5.74, 6) is -0.235. The van der Waals surface area contributed by atoms with Gasteiger partial charge in [0.25, 0.3) is 0 Å². The Hall–Kier alpha value is -6.33. The van der Waals surface area contributed by atoms with Crippen LogP contribution in [0.25, 0.3) is 39.3 Å². The highest BCUT2D eigenvalue weighted by Gasteiger charge is 2.32. The molecule has 6 aromatic rings. The molecule has 2 aromatic heterocycles. The molecule has 0 bridgehead atoms. The van der Waals surface area contributed by atoms with Gasteiger partial charge in [-0.15, -0.1) is 0 Å². The first kappa shape index (κ1) is 36.5. The lowest BCUT2D eigenvalue weighted by Crippen LogP contribution is -1.96. The lowest BCUT2D eigenvalue weighted by molar-refractivity contribution is 0.100. The van der Waals surface area contributed by atoms with Crippen molar-refractivity contribution in [2.75, 3.05) is 0 Å². The second kappa shape index (κ2) is 15.9. The lowest BCUT2D eigenvalue weighted by Gasteiger charge is -2.03. The van der Waals surface area contributed by atoms with Crippen LogP contribution in [-0.4, -0.2) is 35.3 Å². The van der Waals surface area contributed by atoms with Gasteiger partial charge in [0.2, 0.25) is 0 Å². The topological polar surface area (TPSA) is 198 Å². The summed E-state index contributed by atoms with van der Waals surface area (Å²) in [6, 6.07) is 28.7. The highest BCUT2D eigenvalue weighted by molar-refractivity contribution is 9.11. The number of benzene rings is 4. The standard InChI is InChI=1S/C19H7BrN4OS.C12H6N2O.C7H3BrN2OS/c20-15-6-5-10(17-18(15)24-26-23-17)7-14-16(11(8-21)9-22)12-3-1-2-4-13(12)19(14)25;13-6-8(7-14)11-5-12(15)10-4-2-1-3-9(10)11;8-5-2-1-4(3-11)6-7(5)10-12-9-6/h1-7H;1-4H,5H2;1-3H/b14-7-;;. The highest BCUT2D eigenvalue weighted by atomic mass is 79.9. The number of hydrogen-bond acceptors (Lipinski definition) is 13. The molecule has 0 amide bonds. The van der Waals surface area contributed by atoms with Crippen molar-refractivity contribution in [1.29, 1.82) is 21.0 Å². The fourth-order valence-electron chi connectivity index (χ4n) is 5.65. The zero-order chi connectivity index (χ0) is 37.6. The van der Waals surface area contributed by atoms with Gasteiger partial charge in [-0.3, -0.25) is 14.4 Å². The van der Waals surface area contributed by atoms with E-state index in [0.29, 0.717) is 61.1 Å². The van der Waals surface area contributed by atoms with Crippen molar-refractivity contribution < 1.29 is 14.4 Å². The molecule has 4 aromatic carbocycles. The monoisotopic (exact) mass is 854 g/mol. The average molecular weight is 857 g/mol. The molecule has 15 heteroatoms. The Balaban J connectivity index is 0.000000150. The van der Waals surface area contributed by atoms with Crippen LogP contribution in [0.3, 0.4) is 0 Å². The average Bonchev–Trinajstić information content (AvgIpc) is 4.00. The number of allylic oxidation sites excluding steroid dienone is 5. The highest BCUT2D eigenvalue weighted by Crippen LogP contribution is 2.40. The van der Waals surface area contributed by atoms with Crippen molar-refractivity contribution in [3.05, 3.63) is 132 Å². The van der Waals surface area contributed by atoms with Crippen LogP contribution < -0.4 is 0 Å². The molecule has 0 N–H and O–H groups in total. The van der Waals surface area contributed by atoms with Gasteiger partial charge in [-0.25, -0.2) is 0 Å². The number of carbonyl (C=O) groups excluding carboxylic acids is 3. The Bertz CT molecular complexity index is 2780. The molecule has 0 fully saturated rings. The summed E-state index contributed by atoms with van der Waals surface area (Å²) in [6.45, 7) is 0. The normalized spacial score (nSPS) is 13.1. The molecule has 0 saturated heterocycles. The van der Waals surface area contributed by atoms with E-state index in [0.717, 1.165) is 49.8 Å². The molecule has 0 aliphatic heterocycles. The molecule has 0 spiro atoms. The minimum atomic E-state index is -0.210. The van der Waals surface area contributed by atoms with Gasteiger partial charge in [0.1, 0.15) is 57.5 Å². The molecule has 252 valence electrons. The second-order valence-corrected chi connectivity index (χ2v) is 13.7. The molecular formula is C38H16Br2N8O3S2. The van der Waals surface area contributed by atoms with E-state index in [1.807, 2.05) is 36.4 Å². The summed E-state index contributed by atoms with van der Waals surface area (Å²) in [5, 5.41) is 36.2. The van der Waals surface area contributed by atoms with E-state index in [-0.39, 0.29) is 29.1 Å². The van der Waals surface area contributed by atoms with Crippen molar-refractivity contribution in [2.24, 2.45) is 0 Å². The van der Waals surface area contributed by atoms with Crippen molar-refractivity contribution in [1.82, 2.24) is 17.5 Å². The third kappa shape index (κ3) is 6.98. The van der Waals surface area contributed by atoms with E-state index in [1.165, 1.54) is 0 Å². The number of rotatable bonds is 2. The Labute approximate surface area is 326 Å². The smallest absolute Gasteiger partial charge is 0.194 e. The van der Waals surface area contributed by atoms with Gasteiger partial charge in [-0.1, -0.05) is 54.6 Å². The van der Waals surface area contributed by atoms with Crippen molar-refractivity contribution in [3.63, 3.8) is 0 Å². The molecule has 2 aliphatic carbocycles. The lowest BCUT2D eigenvalue weighted by atomic mass is 9.98. The van der Waals surface area contributed by atoms with Crippen LogP contribution in [0, 0.1) is 45.3 Å². The van der Waals surface area contributed by atoms with Crippen LogP contribution in [0.5, 0.6) is 0 Å². The number of Topliss-reactive ketones (excluding diaryl/α,β-unsaturated/α-hetero) is 2. The van der Waals surface area contributed by atoms with Gasteiger partial charge in [0, 0.05) is 48.8 Å². The largest absolute Gasteiger partial charge is 0.298 e. The first-order valence-electron chi connectivity index (χ1n) is 15.1. The number of hydrogen-bond donors (Lipinski definition) is 0. The predicted molar refractivity (Wildman–Crippen MR) is 206 cm³/mol. The Morgan fingerprint density at radius 3 is 1.68 bits per heavy atom. The summed E-state index contributed by atoms with van der Waals surface area (Å²) in [5.41, 5.74) is 7.71. The number of nitrogens with zero attached hydrogens (tertiary/aromatic N) is 8. The van der Waals surface area contributed by atoms with Crippen molar-refractivity contribution in [3.8, 4) is 24.3 Å². The third-order valence-electron chi connectivity index (χ3n) is 8.07. The number of carbonyl (C=O) groups is 3. The van der Waals surface area contributed by atoms with Gasteiger partial charge in [0.05, 0.1) is 23.5 Å². The maximum absolute atomic E-state index is 12.9. The van der Waals surface area contributed by atoms with E-state index < -0.39 is 0 Å². The zero-order valence-corrected chi connectivity index (χ0v) is 31.5. The van der Waals surface area contributed by atoms with Crippen molar-refractivity contribution >= 4 is 112 Å². The van der Waals surface area contributed by atoms with E-state index >= 15 is 0 Å². The Morgan fingerprint density at radius 2 is 1.11 bits per heavy atom. The molecule has 0 unspecified atom stereocenters. The number of halogens is 2. The molecule has 0 atom stereocenters. The van der Waals surface area contributed by atoms with Gasteiger partial charge in [-0.2, -0.15) is 38.5 Å². The van der Waals surface area contributed by atoms with Gasteiger partial charge < -0.3 is 0 Å². The second-order valence-electron chi connectivity index (χ2n) is 10.9. The number of nitriles is 4. The molecule has 53 heavy (non-hydrogen) atoms. The molecular weight excluding hydrogens is 840 g/mol. The van der Waals surface area contributed by atoms with Gasteiger partial charge >= 0.3 is 0 Å². The molecule has 0 saturated carbocycles. The molecule has 8 rings (SSSR count). The number of ketones is 2. The summed E-state index contributed by atoms with van der Waals surface area (Å²) in [7, 11) is 0. The van der Waals surface area contributed by atoms with Crippen molar-refractivity contribution in [2.45, 2.75) is 6.42 Å². The van der Waals surface area contributed by atoms with Crippen LogP contribution in [0.1, 0.15) is 54.2 Å². The van der Waals surface area contributed by atoms with Crippen LogP contribution in [-0.2, 0) is 0 Å². The van der Waals surface area contributed by atoms with Crippen LogP contribution >= 0.6 is 55.3 Å². The van der Waals surface area contributed by atoms with Gasteiger partial charge in [0.15, 0.2) is 17.9 Å². The molecule has 2 aliphatic rings. The number of fused-ring (bicyclic) bond motifs is 4. The van der Waals surface area contributed by atoms with Crippen LogP contribution in [0.15, 0.2) is 98.5 Å². The summed E-state index contributed by atoms with van der Waals surface area (Å²) < 4.78 is 18.3. The minimum Gasteiger partial charge on any atom is -0.298 e. The zero-order valence-electron chi connectivity index (χ0n) is 26.7.